The SMILES string of the molecule is CCCCCC(=O)NCCCC(N)=O. The summed E-state index contributed by atoms with van der Waals surface area (Å²) in [4.78, 5) is 21.5. The van der Waals surface area contributed by atoms with Gasteiger partial charge in [0.15, 0.2) is 0 Å². The van der Waals surface area contributed by atoms with E-state index in [1.165, 1.54) is 0 Å². The lowest BCUT2D eigenvalue weighted by Crippen LogP contribution is -2.25. The average Bonchev–Trinajstić information content (AvgIpc) is 2.13. The van der Waals surface area contributed by atoms with Gasteiger partial charge in [0.1, 0.15) is 0 Å². The number of hydrogen-bond donors (Lipinski definition) is 2. The minimum Gasteiger partial charge on any atom is -0.370 e. The van der Waals surface area contributed by atoms with Crippen LogP contribution in [0, 0.1) is 0 Å². The Bertz CT molecular complexity index is 181. The summed E-state index contributed by atoms with van der Waals surface area (Å²) in [7, 11) is 0. The molecule has 0 atom stereocenters. The van der Waals surface area contributed by atoms with Crippen LogP contribution in [0.15, 0.2) is 0 Å². The topological polar surface area (TPSA) is 72.2 Å². The van der Waals surface area contributed by atoms with E-state index in [1.807, 2.05) is 0 Å². The highest BCUT2D eigenvalue weighted by atomic mass is 16.2. The van der Waals surface area contributed by atoms with Crippen LogP contribution in [0.2, 0.25) is 0 Å². The second-order valence-corrected chi connectivity index (χ2v) is 3.38. The number of nitrogens with one attached hydrogen (secondary N) is 1. The van der Waals surface area contributed by atoms with Crippen molar-refractivity contribution < 1.29 is 9.59 Å². The van der Waals surface area contributed by atoms with Gasteiger partial charge in [0, 0.05) is 19.4 Å². The van der Waals surface area contributed by atoms with E-state index < -0.39 is 0 Å². The first-order valence-corrected chi connectivity index (χ1v) is 5.21. The Morgan fingerprint density at radius 2 is 1.86 bits per heavy atom. The molecule has 0 bridgehead atoms. The molecule has 3 N–H and O–H groups in total. The summed E-state index contributed by atoms with van der Waals surface area (Å²) in [6.07, 6.45) is 4.72. The van der Waals surface area contributed by atoms with Crippen molar-refractivity contribution in [3.05, 3.63) is 0 Å². The van der Waals surface area contributed by atoms with Crippen LogP contribution >= 0.6 is 0 Å². The van der Waals surface area contributed by atoms with Crippen molar-refractivity contribution in [2.24, 2.45) is 5.73 Å². The van der Waals surface area contributed by atoms with Gasteiger partial charge in [0.2, 0.25) is 11.8 Å². The maximum atomic E-state index is 11.1. The molecule has 0 aliphatic carbocycles. The van der Waals surface area contributed by atoms with Gasteiger partial charge in [-0.05, 0) is 12.8 Å². The van der Waals surface area contributed by atoms with Crippen molar-refractivity contribution in [1.29, 1.82) is 0 Å². The van der Waals surface area contributed by atoms with Crippen LogP contribution < -0.4 is 11.1 Å². The molecule has 4 heteroatoms. The predicted octanol–water partition coefficient (Wildman–Crippen LogP) is 0.948. The van der Waals surface area contributed by atoms with Crippen LogP contribution in [0.25, 0.3) is 0 Å². The summed E-state index contributed by atoms with van der Waals surface area (Å²) in [6, 6.07) is 0. The fourth-order valence-corrected chi connectivity index (χ4v) is 1.11. The molecule has 4 nitrogen and oxygen atoms in total. The molecule has 0 rings (SSSR count). The fourth-order valence-electron chi connectivity index (χ4n) is 1.11. The molecule has 0 unspecified atom stereocenters. The van der Waals surface area contributed by atoms with Crippen LogP contribution in [-0.2, 0) is 9.59 Å². The smallest absolute Gasteiger partial charge is 0.219 e. The molecule has 0 spiro atoms. The summed E-state index contributed by atoms with van der Waals surface area (Å²) in [5, 5.41) is 2.75. The first-order chi connectivity index (χ1) is 6.66. The van der Waals surface area contributed by atoms with Crippen LogP contribution in [0.1, 0.15) is 45.4 Å². The lowest BCUT2D eigenvalue weighted by Gasteiger charge is -2.03. The molecular formula is C10H20N2O2. The molecule has 2 amide bonds. The normalized spacial score (nSPS) is 9.79. The molecule has 0 aliphatic rings. The Morgan fingerprint density at radius 1 is 1.14 bits per heavy atom. The van der Waals surface area contributed by atoms with E-state index in [4.69, 9.17) is 5.73 Å². The Balaban J connectivity index is 3.22. The Labute approximate surface area is 85.2 Å². The third-order valence-electron chi connectivity index (χ3n) is 1.93. The molecule has 0 heterocycles. The number of unbranched alkanes of at least 4 members (excludes halogenated alkanes) is 2. The van der Waals surface area contributed by atoms with Gasteiger partial charge in [-0.15, -0.1) is 0 Å². The standard InChI is InChI=1S/C10H20N2O2/c1-2-3-4-7-10(14)12-8-5-6-9(11)13/h2-8H2,1H3,(H2,11,13)(H,12,14). The number of primary amides is 1. The zero-order valence-corrected chi connectivity index (χ0v) is 8.84. The molecule has 0 saturated carbocycles. The summed E-state index contributed by atoms with van der Waals surface area (Å²) in [5.74, 6) is -0.242. The van der Waals surface area contributed by atoms with Gasteiger partial charge in [-0.1, -0.05) is 19.8 Å². The molecule has 0 aromatic carbocycles. The van der Waals surface area contributed by atoms with Crippen LogP contribution in [0.4, 0.5) is 0 Å². The highest BCUT2D eigenvalue weighted by Crippen LogP contribution is 1.98. The van der Waals surface area contributed by atoms with E-state index in [0.717, 1.165) is 19.3 Å². The van der Waals surface area contributed by atoms with E-state index >= 15 is 0 Å². The molecular weight excluding hydrogens is 180 g/mol. The van der Waals surface area contributed by atoms with Crippen molar-refractivity contribution in [2.75, 3.05) is 6.54 Å². The summed E-state index contributed by atoms with van der Waals surface area (Å²) in [6.45, 7) is 2.65. The van der Waals surface area contributed by atoms with Crippen molar-refractivity contribution in [2.45, 2.75) is 45.4 Å². The summed E-state index contributed by atoms with van der Waals surface area (Å²) in [5.41, 5.74) is 4.96. The van der Waals surface area contributed by atoms with Gasteiger partial charge in [-0.3, -0.25) is 9.59 Å². The van der Waals surface area contributed by atoms with Crippen molar-refractivity contribution in [3.63, 3.8) is 0 Å². The first-order valence-electron chi connectivity index (χ1n) is 5.21. The minimum absolute atomic E-state index is 0.0721. The zero-order chi connectivity index (χ0) is 10.8. The Morgan fingerprint density at radius 3 is 2.43 bits per heavy atom. The minimum atomic E-state index is -0.315. The third kappa shape index (κ3) is 9.03. The van der Waals surface area contributed by atoms with Crippen LogP contribution in [-0.4, -0.2) is 18.4 Å². The highest BCUT2D eigenvalue weighted by molar-refractivity contribution is 5.76. The van der Waals surface area contributed by atoms with E-state index in [9.17, 15) is 9.59 Å². The molecule has 0 saturated heterocycles. The maximum absolute atomic E-state index is 11.1. The number of nitrogens with two attached hydrogens (primary N) is 1. The first kappa shape index (κ1) is 12.9. The Kier molecular flexibility index (Phi) is 7.89. The van der Waals surface area contributed by atoms with E-state index in [-0.39, 0.29) is 11.8 Å². The second kappa shape index (κ2) is 8.53. The molecule has 0 aliphatic heterocycles. The predicted molar refractivity (Wildman–Crippen MR) is 55.6 cm³/mol. The number of amides is 2. The summed E-state index contributed by atoms with van der Waals surface area (Å²) < 4.78 is 0. The van der Waals surface area contributed by atoms with Gasteiger partial charge in [0.25, 0.3) is 0 Å². The van der Waals surface area contributed by atoms with Gasteiger partial charge >= 0.3 is 0 Å². The average molecular weight is 200 g/mol. The molecule has 82 valence electrons. The second-order valence-electron chi connectivity index (χ2n) is 3.38. The number of hydrogen-bond acceptors (Lipinski definition) is 2. The quantitative estimate of drug-likeness (QED) is 0.572. The van der Waals surface area contributed by atoms with E-state index in [1.54, 1.807) is 0 Å². The molecule has 0 aromatic rings. The lowest BCUT2D eigenvalue weighted by molar-refractivity contribution is -0.122. The van der Waals surface area contributed by atoms with Crippen LogP contribution in [0.3, 0.4) is 0 Å². The number of rotatable bonds is 8. The van der Waals surface area contributed by atoms with E-state index in [2.05, 4.69) is 12.2 Å². The Hall–Kier alpha value is -1.06. The highest BCUT2D eigenvalue weighted by Gasteiger charge is 2.00. The lowest BCUT2D eigenvalue weighted by atomic mass is 10.2. The van der Waals surface area contributed by atoms with Crippen LogP contribution in [0.5, 0.6) is 0 Å². The molecule has 0 fully saturated rings. The molecule has 0 radical (unpaired) electrons. The molecule has 0 aromatic heterocycles. The zero-order valence-electron chi connectivity index (χ0n) is 8.84. The number of carbonyl (C=O) groups excluding carboxylic acids is 2. The van der Waals surface area contributed by atoms with Gasteiger partial charge < -0.3 is 11.1 Å². The maximum Gasteiger partial charge on any atom is 0.219 e. The molecule has 14 heavy (non-hydrogen) atoms. The number of carbonyl (C=O) groups is 2. The fraction of sp³-hybridized carbons (Fsp3) is 0.800. The van der Waals surface area contributed by atoms with Gasteiger partial charge in [0.05, 0.1) is 0 Å². The summed E-state index contributed by atoms with van der Waals surface area (Å²) >= 11 is 0. The van der Waals surface area contributed by atoms with Crippen molar-refractivity contribution in [3.8, 4) is 0 Å². The monoisotopic (exact) mass is 200 g/mol. The van der Waals surface area contributed by atoms with Gasteiger partial charge in [-0.25, -0.2) is 0 Å². The van der Waals surface area contributed by atoms with Crippen molar-refractivity contribution in [1.82, 2.24) is 5.32 Å². The largest absolute Gasteiger partial charge is 0.370 e. The van der Waals surface area contributed by atoms with Crippen molar-refractivity contribution >= 4 is 11.8 Å². The van der Waals surface area contributed by atoms with E-state index in [0.29, 0.717) is 25.8 Å². The van der Waals surface area contributed by atoms with Gasteiger partial charge in [-0.2, -0.15) is 0 Å². The third-order valence-corrected chi connectivity index (χ3v) is 1.93.